The first-order valence-electron chi connectivity index (χ1n) is 9.67. The van der Waals surface area contributed by atoms with E-state index in [1.165, 1.54) is 24.3 Å². The van der Waals surface area contributed by atoms with E-state index in [4.69, 9.17) is 9.47 Å². The molecule has 0 fully saturated rings. The maximum absolute atomic E-state index is 12.8. The van der Waals surface area contributed by atoms with Crippen molar-refractivity contribution in [1.82, 2.24) is 0 Å². The fraction of sp³-hybridized carbons (Fsp3) is 0.500. The number of hydrogen-bond donors (Lipinski definition) is 1. The Balaban J connectivity index is 1.99. The van der Waals surface area contributed by atoms with Crippen molar-refractivity contribution in [3.05, 3.63) is 54.4 Å². The number of allylic oxidation sites excluding steroid dienone is 3. The van der Waals surface area contributed by atoms with Gasteiger partial charge in [0.1, 0.15) is 24.3 Å². The summed E-state index contributed by atoms with van der Waals surface area (Å²) >= 11 is 0. The van der Waals surface area contributed by atoms with E-state index in [0.29, 0.717) is 18.8 Å². The summed E-state index contributed by atoms with van der Waals surface area (Å²) in [5.74, 6) is 0.115. The molecule has 0 spiro atoms. The van der Waals surface area contributed by atoms with Crippen molar-refractivity contribution < 1.29 is 23.8 Å². The van der Waals surface area contributed by atoms with Gasteiger partial charge in [0.2, 0.25) is 0 Å². The van der Waals surface area contributed by atoms with Gasteiger partial charge in [0.25, 0.3) is 0 Å². The van der Waals surface area contributed by atoms with Crippen molar-refractivity contribution >= 4 is 5.97 Å². The lowest BCUT2D eigenvalue weighted by Gasteiger charge is -2.08. The lowest BCUT2D eigenvalue weighted by atomic mass is 10.1. The number of carbonyl (C=O) groups excluding carboxylic acids is 1. The number of carbonyl (C=O) groups is 1. The van der Waals surface area contributed by atoms with Gasteiger partial charge in [0.15, 0.2) is 0 Å². The van der Waals surface area contributed by atoms with Crippen LogP contribution >= 0.6 is 0 Å². The Morgan fingerprint density at radius 3 is 2.56 bits per heavy atom. The first kappa shape index (κ1) is 22.9. The Bertz CT molecular complexity index is 566. The zero-order valence-corrected chi connectivity index (χ0v) is 16.1. The van der Waals surface area contributed by atoms with E-state index >= 15 is 0 Å². The summed E-state index contributed by atoms with van der Waals surface area (Å²) in [6.07, 6.45) is 13.6. The Morgan fingerprint density at radius 2 is 1.81 bits per heavy atom. The second-order valence-corrected chi connectivity index (χ2v) is 6.26. The second kappa shape index (κ2) is 15.0. The van der Waals surface area contributed by atoms with Gasteiger partial charge in [-0.25, -0.2) is 4.39 Å². The summed E-state index contributed by atoms with van der Waals surface area (Å²) in [6.45, 7) is 2.41. The molecule has 0 radical (unpaired) electrons. The average Bonchev–Trinajstić information content (AvgIpc) is 2.66. The Hall–Kier alpha value is -2.14. The molecule has 1 rings (SSSR count). The molecule has 0 unspecified atom stereocenters. The number of benzene rings is 1. The minimum atomic E-state index is -0.709. The summed E-state index contributed by atoms with van der Waals surface area (Å²) in [4.78, 5) is 11.2. The highest BCUT2D eigenvalue weighted by Gasteiger charge is 2.01. The molecule has 1 N–H and O–H groups in total. The maximum Gasteiger partial charge on any atom is 0.305 e. The molecule has 0 aliphatic carbocycles. The van der Waals surface area contributed by atoms with Crippen LogP contribution in [0.4, 0.5) is 4.39 Å². The second-order valence-electron chi connectivity index (χ2n) is 6.26. The van der Waals surface area contributed by atoms with Crippen LogP contribution in [0.5, 0.6) is 5.75 Å². The van der Waals surface area contributed by atoms with Crippen molar-refractivity contribution in [1.29, 1.82) is 0 Å². The minimum Gasteiger partial charge on any atom is -0.491 e. The standard InChI is InChI=1S/C22H31FO4/c1-2-26-22(25)13-11-9-7-5-3-4-6-8-10-12-20(24)18-27-21-16-14-19(23)15-17-21/h6,8,10,12,14-17,20,24H,2-5,7,9,11,13,18H2,1H3/b8-6-,12-10+/t20-/m1/s1. The topological polar surface area (TPSA) is 55.8 Å². The van der Waals surface area contributed by atoms with E-state index in [1.54, 1.807) is 12.2 Å². The van der Waals surface area contributed by atoms with Gasteiger partial charge >= 0.3 is 5.97 Å². The van der Waals surface area contributed by atoms with E-state index in [2.05, 4.69) is 6.08 Å². The van der Waals surface area contributed by atoms with Crippen LogP contribution in [0.25, 0.3) is 0 Å². The third-order valence-corrected chi connectivity index (χ3v) is 3.87. The third kappa shape index (κ3) is 12.8. The largest absolute Gasteiger partial charge is 0.491 e. The molecule has 150 valence electrons. The summed E-state index contributed by atoms with van der Waals surface area (Å²) in [5, 5.41) is 9.81. The van der Waals surface area contributed by atoms with Crippen molar-refractivity contribution in [3.8, 4) is 5.75 Å². The number of aliphatic hydroxyl groups is 1. The summed E-state index contributed by atoms with van der Waals surface area (Å²) < 4.78 is 23.0. The number of esters is 1. The molecule has 0 aliphatic rings. The Kier molecular flexibility index (Phi) is 12.7. The molecule has 1 aromatic rings. The van der Waals surface area contributed by atoms with Crippen LogP contribution in [0.15, 0.2) is 48.6 Å². The summed E-state index contributed by atoms with van der Waals surface area (Å²) in [7, 11) is 0. The minimum absolute atomic E-state index is 0.0996. The monoisotopic (exact) mass is 378 g/mol. The molecule has 0 amide bonds. The number of rotatable bonds is 14. The highest BCUT2D eigenvalue weighted by molar-refractivity contribution is 5.69. The first-order chi connectivity index (χ1) is 13.1. The molecule has 0 aromatic heterocycles. The molecule has 0 heterocycles. The summed E-state index contributed by atoms with van der Waals surface area (Å²) in [5.41, 5.74) is 0. The maximum atomic E-state index is 12.8. The van der Waals surface area contributed by atoms with Crippen LogP contribution in [0, 0.1) is 5.82 Å². The fourth-order valence-electron chi connectivity index (χ4n) is 2.43. The molecule has 0 saturated carbocycles. The van der Waals surface area contributed by atoms with E-state index in [9.17, 15) is 14.3 Å². The lowest BCUT2D eigenvalue weighted by Crippen LogP contribution is -2.14. The van der Waals surface area contributed by atoms with Gasteiger partial charge in [0, 0.05) is 6.42 Å². The zero-order chi connectivity index (χ0) is 19.7. The molecule has 1 aromatic carbocycles. The van der Waals surface area contributed by atoms with Crippen molar-refractivity contribution in [2.75, 3.05) is 13.2 Å². The molecule has 1 atom stereocenters. The zero-order valence-electron chi connectivity index (χ0n) is 16.1. The molecule has 0 saturated heterocycles. The van der Waals surface area contributed by atoms with E-state index in [1.807, 2.05) is 13.0 Å². The molecule has 27 heavy (non-hydrogen) atoms. The first-order valence-corrected chi connectivity index (χ1v) is 9.67. The molecular formula is C22H31FO4. The Labute approximate surface area is 161 Å². The van der Waals surface area contributed by atoms with Gasteiger partial charge in [-0.1, -0.05) is 43.6 Å². The number of halogens is 1. The van der Waals surface area contributed by atoms with Crippen LogP contribution < -0.4 is 4.74 Å². The number of unbranched alkanes of at least 4 members (excludes halogenated alkanes) is 5. The Morgan fingerprint density at radius 1 is 1.11 bits per heavy atom. The molecule has 0 bridgehead atoms. The number of ether oxygens (including phenoxy) is 2. The SMILES string of the molecule is CCOC(=O)CCCCCCC/C=C\C=C\[C@@H](O)COc1ccc(F)cc1. The van der Waals surface area contributed by atoms with Crippen molar-refractivity contribution in [2.24, 2.45) is 0 Å². The molecule has 0 aliphatic heterocycles. The smallest absolute Gasteiger partial charge is 0.305 e. The highest BCUT2D eigenvalue weighted by Crippen LogP contribution is 2.11. The van der Waals surface area contributed by atoms with E-state index in [0.717, 1.165) is 38.5 Å². The number of hydrogen-bond acceptors (Lipinski definition) is 4. The molecule has 5 heteroatoms. The van der Waals surface area contributed by atoms with Gasteiger partial charge in [-0.05, 0) is 50.5 Å². The van der Waals surface area contributed by atoms with Gasteiger partial charge in [-0.15, -0.1) is 0 Å². The predicted molar refractivity (Wildman–Crippen MR) is 105 cm³/mol. The van der Waals surface area contributed by atoms with Crippen molar-refractivity contribution in [2.45, 2.75) is 58.0 Å². The quantitative estimate of drug-likeness (QED) is 0.282. The van der Waals surface area contributed by atoms with Crippen LogP contribution in [0.1, 0.15) is 51.9 Å². The lowest BCUT2D eigenvalue weighted by molar-refractivity contribution is -0.143. The van der Waals surface area contributed by atoms with Crippen LogP contribution in [0.2, 0.25) is 0 Å². The third-order valence-electron chi connectivity index (χ3n) is 3.87. The predicted octanol–water partition coefficient (Wildman–Crippen LogP) is 4.97. The van der Waals surface area contributed by atoms with E-state index in [-0.39, 0.29) is 18.4 Å². The summed E-state index contributed by atoms with van der Waals surface area (Å²) in [6, 6.07) is 5.70. The normalized spacial score (nSPS) is 12.6. The van der Waals surface area contributed by atoms with Crippen LogP contribution in [-0.4, -0.2) is 30.4 Å². The van der Waals surface area contributed by atoms with Crippen LogP contribution in [0.3, 0.4) is 0 Å². The fourth-order valence-corrected chi connectivity index (χ4v) is 2.43. The average molecular weight is 378 g/mol. The van der Waals surface area contributed by atoms with Gasteiger partial charge < -0.3 is 14.6 Å². The highest BCUT2D eigenvalue weighted by atomic mass is 19.1. The van der Waals surface area contributed by atoms with Gasteiger partial charge in [-0.3, -0.25) is 4.79 Å². The van der Waals surface area contributed by atoms with Gasteiger partial charge in [-0.2, -0.15) is 0 Å². The molecule has 4 nitrogen and oxygen atoms in total. The van der Waals surface area contributed by atoms with Crippen LogP contribution in [-0.2, 0) is 9.53 Å². The molecular weight excluding hydrogens is 347 g/mol. The van der Waals surface area contributed by atoms with Crippen molar-refractivity contribution in [3.63, 3.8) is 0 Å². The van der Waals surface area contributed by atoms with Gasteiger partial charge in [0.05, 0.1) is 6.61 Å². The number of aliphatic hydroxyl groups excluding tert-OH is 1. The van der Waals surface area contributed by atoms with E-state index < -0.39 is 6.10 Å².